The summed E-state index contributed by atoms with van der Waals surface area (Å²) in [4.78, 5) is 10.9. The Labute approximate surface area is 102 Å². The van der Waals surface area contributed by atoms with Gasteiger partial charge in [-0.1, -0.05) is 15.9 Å². The van der Waals surface area contributed by atoms with Gasteiger partial charge >= 0.3 is 0 Å². The normalized spacial score (nSPS) is 9.80. The molecule has 0 unspecified atom stereocenters. The molecule has 0 saturated heterocycles. The van der Waals surface area contributed by atoms with Gasteiger partial charge in [0.15, 0.2) is 0 Å². The summed E-state index contributed by atoms with van der Waals surface area (Å²) in [5.74, 6) is 0.542. The second-order valence-corrected chi connectivity index (χ2v) is 4.09. The van der Waals surface area contributed by atoms with Crippen molar-refractivity contribution in [3.05, 3.63) is 28.2 Å². The third-order valence-corrected chi connectivity index (χ3v) is 2.48. The molecule has 0 radical (unpaired) electrons. The van der Waals surface area contributed by atoms with Crippen LogP contribution in [-0.2, 0) is 11.3 Å². The van der Waals surface area contributed by atoms with Gasteiger partial charge in [-0.05, 0) is 23.8 Å². The monoisotopic (exact) mass is 291 g/mol. The smallest absolute Gasteiger partial charge is 0.235 e. The van der Waals surface area contributed by atoms with Gasteiger partial charge in [-0.25, -0.2) is 0 Å². The van der Waals surface area contributed by atoms with E-state index in [2.05, 4.69) is 21.2 Å². The molecule has 0 bridgehead atoms. The molecule has 0 spiro atoms. The first-order valence-corrected chi connectivity index (χ1v) is 5.64. The molecule has 5 heteroatoms. The van der Waals surface area contributed by atoms with Crippen molar-refractivity contribution in [1.82, 2.24) is 5.32 Å². The third kappa shape index (κ3) is 4.10. The van der Waals surface area contributed by atoms with Gasteiger partial charge < -0.3 is 10.1 Å². The predicted molar refractivity (Wildman–Crippen MR) is 63.3 cm³/mol. The summed E-state index contributed by atoms with van der Waals surface area (Å²) >= 11 is 8.72. The summed E-state index contributed by atoms with van der Waals surface area (Å²) in [6.45, 7) is 0.446. The molecule has 1 aromatic carbocycles. The maximum Gasteiger partial charge on any atom is 0.235 e. The molecule has 82 valence electrons. The fourth-order valence-corrected chi connectivity index (χ4v) is 1.70. The van der Waals surface area contributed by atoms with Crippen LogP contribution in [0.1, 0.15) is 5.56 Å². The summed E-state index contributed by atoms with van der Waals surface area (Å²) in [5.41, 5.74) is 0.958. The van der Waals surface area contributed by atoms with Crippen molar-refractivity contribution in [2.24, 2.45) is 0 Å². The van der Waals surface area contributed by atoms with E-state index in [0.29, 0.717) is 6.54 Å². The Morgan fingerprint density at radius 3 is 2.87 bits per heavy atom. The molecule has 3 nitrogen and oxygen atoms in total. The van der Waals surface area contributed by atoms with Crippen LogP contribution in [-0.4, -0.2) is 18.9 Å². The molecule has 1 N–H and O–H groups in total. The van der Waals surface area contributed by atoms with Crippen LogP contribution in [0, 0.1) is 0 Å². The largest absolute Gasteiger partial charge is 0.497 e. The second kappa shape index (κ2) is 5.98. The van der Waals surface area contributed by atoms with Crippen molar-refractivity contribution < 1.29 is 9.53 Å². The quantitative estimate of drug-likeness (QED) is 0.865. The SMILES string of the molecule is COc1cc(Br)cc(CNC(=O)CCl)c1. The van der Waals surface area contributed by atoms with Crippen LogP contribution < -0.4 is 10.1 Å². The Kier molecular flexibility index (Phi) is 4.91. The number of ether oxygens (including phenoxy) is 1. The number of carbonyl (C=O) groups excluding carboxylic acids is 1. The number of rotatable bonds is 4. The molecule has 0 aromatic heterocycles. The van der Waals surface area contributed by atoms with Crippen molar-refractivity contribution in [2.75, 3.05) is 13.0 Å². The van der Waals surface area contributed by atoms with E-state index >= 15 is 0 Å². The van der Waals surface area contributed by atoms with E-state index in [1.807, 2.05) is 18.2 Å². The molecule has 1 rings (SSSR count). The molecule has 0 atom stereocenters. The Morgan fingerprint density at radius 2 is 2.27 bits per heavy atom. The van der Waals surface area contributed by atoms with E-state index in [0.717, 1.165) is 15.8 Å². The van der Waals surface area contributed by atoms with Gasteiger partial charge in [0.05, 0.1) is 7.11 Å². The number of methoxy groups -OCH3 is 1. The molecular formula is C10H11BrClNO2. The maximum atomic E-state index is 10.9. The van der Waals surface area contributed by atoms with Crippen molar-refractivity contribution >= 4 is 33.4 Å². The minimum absolute atomic E-state index is 0.0227. The van der Waals surface area contributed by atoms with E-state index in [9.17, 15) is 4.79 Å². The lowest BCUT2D eigenvalue weighted by Gasteiger charge is -2.06. The average Bonchev–Trinajstić information content (AvgIpc) is 2.25. The van der Waals surface area contributed by atoms with Gasteiger partial charge in [0.25, 0.3) is 0 Å². The zero-order valence-electron chi connectivity index (χ0n) is 8.22. The highest BCUT2D eigenvalue weighted by atomic mass is 79.9. The van der Waals surface area contributed by atoms with Gasteiger partial charge in [0.2, 0.25) is 5.91 Å². The number of carbonyl (C=O) groups is 1. The summed E-state index contributed by atoms with van der Waals surface area (Å²) in [7, 11) is 1.60. The summed E-state index contributed by atoms with van der Waals surface area (Å²) in [5, 5.41) is 2.68. The zero-order valence-corrected chi connectivity index (χ0v) is 10.6. The van der Waals surface area contributed by atoms with Crippen LogP contribution in [0.2, 0.25) is 0 Å². The van der Waals surface area contributed by atoms with Crippen LogP contribution in [0.3, 0.4) is 0 Å². The van der Waals surface area contributed by atoms with E-state index in [1.165, 1.54) is 0 Å². The van der Waals surface area contributed by atoms with Crippen molar-refractivity contribution in [2.45, 2.75) is 6.54 Å². The molecule has 15 heavy (non-hydrogen) atoms. The number of hydrogen-bond donors (Lipinski definition) is 1. The van der Waals surface area contributed by atoms with E-state index in [-0.39, 0.29) is 11.8 Å². The maximum absolute atomic E-state index is 10.9. The molecule has 0 saturated carbocycles. The highest BCUT2D eigenvalue weighted by Gasteiger charge is 2.02. The average molecular weight is 293 g/mol. The van der Waals surface area contributed by atoms with Gasteiger partial charge in [0, 0.05) is 11.0 Å². The first kappa shape index (κ1) is 12.3. The Morgan fingerprint density at radius 1 is 1.53 bits per heavy atom. The number of benzene rings is 1. The van der Waals surface area contributed by atoms with E-state index < -0.39 is 0 Å². The lowest BCUT2D eigenvalue weighted by atomic mass is 10.2. The Hall–Kier alpha value is -0.740. The van der Waals surface area contributed by atoms with E-state index in [1.54, 1.807) is 7.11 Å². The van der Waals surface area contributed by atoms with E-state index in [4.69, 9.17) is 16.3 Å². The number of nitrogens with one attached hydrogen (secondary N) is 1. The molecule has 0 aliphatic heterocycles. The molecule has 0 heterocycles. The highest BCUT2D eigenvalue weighted by molar-refractivity contribution is 9.10. The van der Waals surface area contributed by atoms with Crippen LogP contribution in [0.25, 0.3) is 0 Å². The Bertz CT molecular complexity index is 357. The minimum atomic E-state index is -0.185. The third-order valence-electron chi connectivity index (χ3n) is 1.78. The molecule has 1 amide bonds. The van der Waals surface area contributed by atoms with Crippen LogP contribution >= 0.6 is 27.5 Å². The first-order chi connectivity index (χ1) is 7.15. The van der Waals surface area contributed by atoms with Crippen molar-refractivity contribution in [3.8, 4) is 5.75 Å². The predicted octanol–water partition coefficient (Wildman–Crippen LogP) is 2.31. The summed E-state index contributed by atoms with van der Waals surface area (Å²) in [6.07, 6.45) is 0. The van der Waals surface area contributed by atoms with Crippen LogP contribution in [0.5, 0.6) is 5.75 Å². The first-order valence-electron chi connectivity index (χ1n) is 4.32. The van der Waals surface area contributed by atoms with Crippen LogP contribution in [0.15, 0.2) is 22.7 Å². The molecule has 0 aliphatic rings. The summed E-state index contributed by atoms with van der Waals surface area (Å²) in [6, 6.07) is 5.63. The molecule has 0 fully saturated rings. The van der Waals surface area contributed by atoms with Gasteiger partial charge in [-0.3, -0.25) is 4.79 Å². The van der Waals surface area contributed by atoms with Crippen LogP contribution in [0.4, 0.5) is 0 Å². The number of hydrogen-bond acceptors (Lipinski definition) is 2. The molecule has 1 aromatic rings. The number of amides is 1. The molecule has 0 aliphatic carbocycles. The second-order valence-electron chi connectivity index (χ2n) is 2.91. The number of halogens is 2. The highest BCUT2D eigenvalue weighted by Crippen LogP contribution is 2.20. The minimum Gasteiger partial charge on any atom is -0.497 e. The van der Waals surface area contributed by atoms with Gasteiger partial charge in [-0.2, -0.15) is 0 Å². The number of alkyl halides is 1. The Balaban J connectivity index is 2.68. The van der Waals surface area contributed by atoms with Crippen molar-refractivity contribution in [1.29, 1.82) is 0 Å². The summed E-state index contributed by atoms with van der Waals surface area (Å²) < 4.78 is 6.01. The van der Waals surface area contributed by atoms with Gasteiger partial charge in [-0.15, -0.1) is 11.6 Å². The molecular weight excluding hydrogens is 281 g/mol. The lowest BCUT2D eigenvalue weighted by Crippen LogP contribution is -2.23. The fraction of sp³-hybridized carbons (Fsp3) is 0.300. The standard InChI is InChI=1S/C10H11BrClNO2/c1-15-9-3-7(2-8(11)4-9)6-13-10(14)5-12/h2-4H,5-6H2,1H3,(H,13,14). The topological polar surface area (TPSA) is 38.3 Å². The van der Waals surface area contributed by atoms with Gasteiger partial charge in [0.1, 0.15) is 11.6 Å². The fourth-order valence-electron chi connectivity index (χ4n) is 1.09. The zero-order chi connectivity index (χ0) is 11.3. The lowest BCUT2D eigenvalue weighted by molar-refractivity contribution is -0.118. The van der Waals surface area contributed by atoms with Crippen molar-refractivity contribution in [3.63, 3.8) is 0 Å².